The Bertz CT molecular complexity index is 1160. The molecule has 0 fully saturated rings. The summed E-state index contributed by atoms with van der Waals surface area (Å²) < 4.78 is 17.3. The summed E-state index contributed by atoms with van der Waals surface area (Å²) in [6, 6.07) is 14.9. The number of halogens is 1. The van der Waals surface area contributed by atoms with Crippen LogP contribution in [0.15, 0.2) is 54.7 Å². The first-order valence-electron chi connectivity index (χ1n) is 9.85. The Morgan fingerprint density at radius 1 is 1.07 bits per heavy atom. The number of aromatic nitrogens is 5. The van der Waals surface area contributed by atoms with E-state index in [-0.39, 0.29) is 5.82 Å². The highest BCUT2D eigenvalue weighted by Crippen LogP contribution is 2.33. The largest absolute Gasteiger partial charge is 0.385 e. The standard InChI is InChI=1S/C22H21FN6/c1-2-3-10-24-19-8-9-20-17(11-19)14-28-13-16(15-4-6-18(23)7-5-15)12-21(28)22-25-26-27-29(20)22/h4-9,11-13,24H,2-3,10,14H2,1H3. The van der Waals surface area contributed by atoms with Crippen molar-refractivity contribution in [2.45, 2.75) is 26.3 Å². The fraction of sp³-hybridized carbons (Fsp3) is 0.227. The van der Waals surface area contributed by atoms with Gasteiger partial charge in [0.05, 0.1) is 11.4 Å². The van der Waals surface area contributed by atoms with Crippen molar-refractivity contribution in [2.24, 2.45) is 0 Å². The molecule has 0 unspecified atom stereocenters. The van der Waals surface area contributed by atoms with Crippen molar-refractivity contribution in [3.05, 3.63) is 66.1 Å². The highest BCUT2D eigenvalue weighted by Gasteiger charge is 2.23. The molecule has 1 aliphatic heterocycles. The van der Waals surface area contributed by atoms with Crippen molar-refractivity contribution in [3.63, 3.8) is 0 Å². The summed E-state index contributed by atoms with van der Waals surface area (Å²) in [5.74, 6) is 0.458. The van der Waals surface area contributed by atoms with Gasteiger partial charge in [0.25, 0.3) is 0 Å². The summed E-state index contributed by atoms with van der Waals surface area (Å²) in [5, 5.41) is 15.9. The predicted octanol–water partition coefficient (Wildman–Crippen LogP) is 4.51. The van der Waals surface area contributed by atoms with Crippen LogP contribution in [-0.4, -0.2) is 31.3 Å². The quantitative estimate of drug-likeness (QED) is 0.450. The van der Waals surface area contributed by atoms with Crippen LogP contribution in [0.5, 0.6) is 0 Å². The Morgan fingerprint density at radius 2 is 1.93 bits per heavy atom. The van der Waals surface area contributed by atoms with Gasteiger partial charge in [-0.2, -0.15) is 4.68 Å². The third-order valence-corrected chi connectivity index (χ3v) is 5.28. The number of nitrogens with zero attached hydrogens (tertiary/aromatic N) is 5. The van der Waals surface area contributed by atoms with E-state index in [2.05, 4.69) is 62.8 Å². The zero-order chi connectivity index (χ0) is 19.8. The predicted molar refractivity (Wildman–Crippen MR) is 110 cm³/mol. The van der Waals surface area contributed by atoms with Gasteiger partial charge in [-0.3, -0.25) is 0 Å². The first-order valence-corrected chi connectivity index (χ1v) is 9.85. The number of fused-ring (bicyclic) bond motifs is 5. The summed E-state index contributed by atoms with van der Waals surface area (Å²) in [4.78, 5) is 0. The van der Waals surface area contributed by atoms with Crippen molar-refractivity contribution in [2.75, 3.05) is 11.9 Å². The van der Waals surface area contributed by atoms with Crippen LogP contribution in [0, 0.1) is 5.82 Å². The fourth-order valence-corrected chi connectivity index (χ4v) is 3.76. The van der Waals surface area contributed by atoms with Crippen LogP contribution in [0.4, 0.5) is 10.1 Å². The molecule has 29 heavy (non-hydrogen) atoms. The molecule has 0 aliphatic carbocycles. The molecule has 0 saturated carbocycles. The number of nitrogens with one attached hydrogen (secondary N) is 1. The van der Waals surface area contributed by atoms with E-state index < -0.39 is 0 Å². The fourth-order valence-electron chi connectivity index (χ4n) is 3.76. The molecule has 6 nitrogen and oxygen atoms in total. The smallest absolute Gasteiger partial charge is 0.203 e. The molecular weight excluding hydrogens is 367 g/mol. The van der Waals surface area contributed by atoms with E-state index in [1.165, 1.54) is 12.1 Å². The number of rotatable bonds is 5. The SMILES string of the molecule is CCCCNc1ccc2c(c1)Cn1cc(-c3ccc(F)cc3)cc1-c1nnnn1-2. The Morgan fingerprint density at radius 3 is 2.76 bits per heavy atom. The molecule has 0 bridgehead atoms. The number of unbranched alkanes of at least 4 members (excludes halogenated alkanes) is 1. The van der Waals surface area contributed by atoms with E-state index in [0.717, 1.165) is 53.1 Å². The molecule has 2 aromatic carbocycles. The Balaban J connectivity index is 1.57. The highest BCUT2D eigenvalue weighted by molar-refractivity contribution is 5.71. The molecule has 0 atom stereocenters. The van der Waals surface area contributed by atoms with E-state index in [9.17, 15) is 4.39 Å². The molecule has 5 rings (SSSR count). The highest BCUT2D eigenvalue weighted by atomic mass is 19.1. The monoisotopic (exact) mass is 388 g/mol. The summed E-state index contributed by atoms with van der Waals surface area (Å²) >= 11 is 0. The average Bonchev–Trinajstić information content (AvgIpc) is 3.34. The van der Waals surface area contributed by atoms with Crippen molar-refractivity contribution in [3.8, 4) is 28.3 Å². The lowest BCUT2D eigenvalue weighted by atomic mass is 10.1. The van der Waals surface area contributed by atoms with Gasteiger partial charge in [-0.25, -0.2) is 4.39 Å². The number of anilines is 1. The molecule has 0 radical (unpaired) electrons. The molecule has 0 amide bonds. The van der Waals surface area contributed by atoms with Gasteiger partial charge in [0.15, 0.2) is 0 Å². The normalized spacial score (nSPS) is 12.1. The topological polar surface area (TPSA) is 60.6 Å². The van der Waals surface area contributed by atoms with Crippen LogP contribution in [0.25, 0.3) is 28.3 Å². The molecule has 3 heterocycles. The molecule has 1 N–H and O–H groups in total. The molecule has 146 valence electrons. The van der Waals surface area contributed by atoms with E-state index in [0.29, 0.717) is 12.4 Å². The maximum absolute atomic E-state index is 13.3. The Kier molecular flexibility index (Phi) is 4.35. The Hall–Kier alpha value is -3.48. The van der Waals surface area contributed by atoms with Crippen LogP contribution in [0.1, 0.15) is 25.3 Å². The van der Waals surface area contributed by atoms with Gasteiger partial charge in [-0.05, 0) is 64.4 Å². The Labute approximate surface area is 168 Å². The van der Waals surface area contributed by atoms with Crippen LogP contribution in [-0.2, 0) is 6.54 Å². The molecule has 2 aromatic heterocycles. The maximum Gasteiger partial charge on any atom is 0.203 e. The zero-order valence-corrected chi connectivity index (χ0v) is 16.1. The van der Waals surface area contributed by atoms with Gasteiger partial charge < -0.3 is 9.88 Å². The van der Waals surface area contributed by atoms with Crippen LogP contribution in [0.2, 0.25) is 0 Å². The minimum absolute atomic E-state index is 0.240. The second-order valence-corrected chi connectivity index (χ2v) is 7.29. The third-order valence-electron chi connectivity index (χ3n) is 5.28. The summed E-state index contributed by atoms with van der Waals surface area (Å²) in [6.45, 7) is 3.83. The molecular formula is C22H21FN6. The lowest BCUT2D eigenvalue weighted by Crippen LogP contribution is -2.05. The van der Waals surface area contributed by atoms with Gasteiger partial charge in [0.2, 0.25) is 5.82 Å². The van der Waals surface area contributed by atoms with E-state index >= 15 is 0 Å². The van der Waals surface area contributed by atoms with Crippen molar-refractivity contribution >= 4 is 5.69 Å². The third kappa shape index (κ3) is 3.18. The van der Waals surface area contributed by atoms with Gasteiger partial charge in [0.1, 0.15) is 5.82 Å². The maximum atomic E-state index is 13.3. The van der Waals surface area contributed by atoms with Crippen molar-refractivity contribution in [1.29, 1.82) is 0 Å². The summed E-state index contributed by atoms with van der Waals surface area (Å²) in [6.07, 6.45) is 4.37. The van der Waals surface area contributed by atoms with Gasteiger partial charge in [-0.15, -0.1) is 5.10 Å². The molecule has 7 heteroatoms. The van der Waals surface area contributed by atoms with Crippen LogP contribution >= 0.6 is 0 Å². The van der Waals surface area contributed by atoms with Gasteiger partial charge >= 0.3 is 0 Å². The molecule has 0 spiro atoms. The zero-order valence-electron chi connectivity index (χ0n) is 16.1. The van der Waals surface area contributed by atoms with Gasteiger partial charge in [-0.1, -0.05) is 25.5 Å². The first-order chi connectivity index (χ1) is 14.2. The van der Waals surface area contributed by atoms with Crippen molar-refractivity contribution in [1.82, 2.24) is 24.8 Å². The van der Waals surface area contributed by atoms with Crippen LogP contribution < -0.4 is 5.32 Å². The minimum atomic E-state index is -0.240. The van der Waals surface area contributed by atoms with Crippen LogP contribution in [0.3, 0.4) is 0 Å². The lowest BCUT2D eigenvalue weighted by Gasteiger charge is -2.12. The lowest BCUT2D eigenvalue weighted by molar-refractivity contribution is 0.628. The average molecular weight is 388 g/mol. The number of benzene rings is 2. The van der Waals surface area contributed by atoms with E-state index in [4.69, 9.17) is 0 Å². The molecule has 4 aromatic rings. The second kappa shape index (κ2) is 7.16. The van der Waals surface area contributed by atoms with E-state index in [1.54, 1.807) is 16.8 Å². The summed E-state index contributed by atoms with van der Waals surface area (Å²) in [5.41, 5.74) is 6.13. The number of hydrogen-bond acceptors (Lipinski definition) is 4. The number of tetrazole rings is 1. The number of hydrogen-bond donors (Lipinski definition) is 1. The first kappa shape index (κ1) is 17.6. The van der Waals surface area contributed by atoms with Crippen molar-refractivity contribution < 1.29 is 4.39 Å². The second-order valence-electron chi connectivity index (χ2n) is 7.29. The molecule has 0 saturated heterocycles. The minimum Gasteiger partial charge on any atom is -0.385 e. The van der Waals surface area contributed by atoms with E-state index in [1.807, 2.05) is 0 Å². The molecule has 1 aliphatic rings. The van der Waals surface area contributed by atoms with Gasteiger partial charge in [0, 0.05) is 30.5 Å². The summed E-state index contributed by atoms with van der Waals surface area (Å²) in [7, 11) is 0.